The molecule has 0 saturated carbocycles. The van der Waals surface area contributed by atoms with Crippen molar-refractivity contribution in [2.75, 3.05) is 23.3 Å². The Bertz CT molecular complexity index is 621. The van der Waals surface area contributed by atoms with E-state index in [0.29, 0.717) is 17.2 Å². The molecule has 6 nitrogen and oxygen atoms in total. The zero-order valence-electron chi connectivity index (χ0n) is 12.6. The Hall–Kier alpha value is -2.55. The van der Waals surface area contributed by atoms with Crippen LogP contribution in [0.25, 0.3) is 0 Å². The lowest BCUT2D eigenvalue weighted by molar-refractivity contribution is -0.115. The lowest BCUT2D eigenvalue weighted by Gasteiger charge is -2.34. The summed E-state index contributed by atoms with van der Waals surface area (Å²) in [7, 11) is 0. The molecule has 22 heavy (non-hydrogen) atoms. The van der Waals surface area contributed by atoms with Crippen molar-refractivity contribution in [1.82, 2.24) is 0 Å². The molecule has 0 spiro atoms. The number of nitrogens with zero attached hydrogens (tertiary/aromatic N) is 2. The van der Waals surface area contributed by atoms with Gasteiger partial charge in [-0.2, -0.15) is 5.26 Å². The molecule has 3 N–H and O–H groups in total. The third-order valence-electron chi connectivity index (χ3n) is 3.79. The van der Waals surface area contributed by atoms with E-state index in [4.69, 9.17) is 11.0 Å². The Morgan fingerprint density at radius 3 is 2.91 bits per heavy atom. The first-order valence-electron chi connectivity index (χ1n) is 7.37. The summed E-state index contributed by atoms with van der Waals surface area (Å²) >= 11 is 0. The number of carbonyl (C=O) groups excluding carboxylic acids is 2. The minimum atomic E-state index is -0.547. The van der Waals surface area contributed by atoms with Crippen molar-refractivity contribution in [3.05, 3.63) is 23.8 Å². The maximum absolute atomic E-state index is 11.7. The number of rotatable bonds is 4. The predicted molar refractivity (Wildman–Crippen MR) is 84.4 cm³/mol. The second-order valence-corrected chi connectivity index (χ2v) is 5.67. The molecular weight excluding hydrogens is 280 g/mol. The topological polar surface area (TPSA) is 99.2 Å². The largest absolute Gasteiger partial charge is 0.370 e. The monoisotopic (exact) mass is 300 g/mol. The summed E-state index contributed by atoms with van der Waals surface area (Å²) in [6.07, 6.45) is 2.05. The number of amides is 2. The summed E-state index contributed by atoms with van der Waals surface area (Å²) in [5.74, 6) is -0.364. The quantitative estimate of drug-likeness (QED) is 0.886. The number of nitrogens with one attached hydrogen (secondary N) is 1. The Morgan fingerprint density at radius 1 is 1.50 bits per heavy atom. The van der Waals surface area contributed by atoms with E-state index in [0.717, 1.165) is 25.2 Å². The maximum Gasteiger partial charge on any atom is 0.248 e. The van der Waals surface area contributed by atoms with Crippen LogP contribution in [0.4, 0.5) is 11.4 Å². The van der Waals surface area contributed by atoms with E-state index in [1.807, 2.05) is 6.07 Å². The van der Waals surface area contributed by atoms with E-state index < -0.39 is 11.8 Å². The molecule has 1 unspecified atom stereocenters. The first-order valence-corrected chi connectivity index (χ1v) is 7.37. The molecule has 0 aromatic heterocycles. The number of nitriles is 1. The lowest BCUT2D eigenvalue weighted by atomic mass is 9.99. The fourth-order valence-corrected chi connectivity index (χ4v) is 2.74. The third-order valence-corrected chi connectivity index (χ3v) is 3.79. The van der Waals surface area contributed by atoms with Gasteiger partial charge in [-0.25, -0.2) is 0 Å². The van der Waals surface area contributed by atoms with Crippen LogP contribution in [0.5, 0.6) is 0 Å². The summed E-state index contributed by atoms with van der Waals surface area (Å²) in [5, 5.41) is 11.3. The molecule has 1 aromatic carbocycles. The fraction of sp³-hybridized carbons (Fsp3) is 0.438. The molecule has 0 aliphatic carbocycles. The molecule has 116 valence electrons. The van der Waals surface area contributed by atoms with Gasteiger partial charge in [0.15, 0.2) is 0 Å². The molecule has 6 heteroatoms. The zero-order chi connectivity index (χ0) is 16.1. The van der Waals surface area contributed by atoms with Crippen LogP contribution < -0.4 is 16.0 Å². The van der Waals surface area contributed by atoms with Crippen LogP contribution in [0.1, 0.15) is 36.5 Å². The highest BCUT2D eigenvalue weighted by atomic mass is 16.2. The first kappa shape index (κ1) is 15.8. The molecule has 2 rings (SSSR count). The first-order chi connectivity index (χ1) is 10.5. The Morgan fingerprint density at radius 2 is 2.27 bits per heavy atom. The highest BCUT2D eigenvalue weighted by molar-refractivity contribution is 5.99. The van der Waals surface area contributed by atoms with Crippen LogP contribution in [0, 0.1) is 17.2 Å². The highest BCUT2D eigenvalue weighted by Gasteiger charge is 2.20. The van der Waals surface area contributed by atoms with E-state index >= 15 is 0 Å². The molecule has 1 fully saturated rings. The minimum absolute atomic E-state index is 0.226. The zero-order valence-corrected chi connectivity index (χ0v) is 12.6. The number of anilines is 2. The summed E-state index contributed by atoms with van der Waals surface area (Å²) in [6.45, 7) is 4.00. The molecule has 1 aliphatic heterocycles. The summed E-state index contributed by atoms with van der Waals surface area (Å²) in [6, 6.07) is 6.86. The second-order valence-electron chi connectivity index (χ2n) is 5.67. The predicted octanol–water partition coefficient (Wildman–Crippen LogP) is 1.87. The SMILES string of the molecule is CC1CCCN(c2ccc(C(N)=O)cc2NC(=O)CC#N)C1. The van der Waals surface area contributed by atoms with Crippen LogP contribution in [-0.4, -0.2) is 24.9 Å². The molecule has 1 heterocycles. The van der Waals surface area contributed by atoms with Crippen LogP contribution in [-0.2, 0) is 4.79 Å². The van der Waals surface area contributed by atoms with Gasteiger partial charge in [-0.1, -0.05) is 6.92 Å². The summed E-state index contributed by atoms with van der Waals surface area (Å²) < 4.78 is 0. The molecule has 1 saturated heterocycles. The van der Waals surface area contributed by atoms with E-state index in [1.165, 1.54) is 6.42 Å². The number of nitrogens with two attached hydrogens (primary N) is 1. The van der Waals surface area contributed by atoms with Crippen molar-refractivity contribution in [2.24, 2.45) is 11.7 Å². The Kier molecular flexibility index (Phi) is 4.99. The van der Waals surface area contributed by atoms with Gasteiger partial charge < -0.3 is 16.0 Å². The molecule has 0 radical (unpaired) electrons. The summed E-state index contributed by atoms with van der Waals surface area (Å²) in [5.41, 5.74) is 7.04. The van der Waals surface area contributed by atoms with Gasteiger partial charge in [0.2, 0.25) is 11.8 Å². The van der Waals surface area contributed by atoms with Crippen molar-refractivity contribution in [3.63, 3.8) is 0 Å². The van der Waals surface area contributed by atoms with Crippen LogP contribution in [0.2, 0.25) is 0 Å². The normalized spacial score (nSPS) is 17.6. The number of hydrogen-bond acceptors (Lipinski definition) is 4. The van der Waals surface area contributed by atoms with Gasteiger partial charge in [-0.05, 0) is 37.0 Å². The number of hydrogen-bond donors (Lipinski definition) is 2. The van der Waals surface area contributed by atoms with Gasteiger partial charge in [0, 0.05) is 18.7 Å². The van der Waals surface area contributed by atoms with Gasteiger partial charge in [-0.15, -0.1) is 0 Å². The van der Waals surface area contributed by atoms with Crippen molar-refractivity contribution in [1.29, 1.82) is 5.26 Å². The average molecular weight is 300 g/mol. The molecular formula is C16H20N4O2. The van der Waals surface area contributed by atoms with Crippen molar-refractivity contribution in [2.45, 2.75) is 26.2 Å². The van der Waals surface area contributed by atoms with Crippen LogP contribution in [0.3, 0.4) is 0 Å². The molecule has 2 amide bonds. The highest BCUT2D eigenvalue weighted by Crippen LogP contribution is 2.31. The minimum Gasteiger partial charge on any atom is -0.370 e. The van der Waals surface area contributed by atoms with Crippen molar-refractivity contribution in [3.8, 4) is 6.07 Å². The molecule has 1 atom stereocenters. The number of primary amides is 1. The smallest absolute Gasteiger partial charge is 0.248 e. The average Bonchev–Trinajstić information content (AvgIpc) is 2.47. The molecule has 0 bridgehead atoms. The molecule has 1 aromatic rings. The lowest BCUT2D eigenvalue weighted by Crippen LogP contribution is -2.35. The van der Waals surface area contributed by atoms with Gasteiger partial charge in [-0.3, -0.25) is 9.59 Å². The molecule has 1 aliphatic rings. The van der Waals surface area contributed by atoms with Gasteiger partial charge in [0.25, 0.3) is 0 Å². The summed E-state index contributed by atoms with van der Waals surface area (Å²) in [4.78, 5) is 25.3. The van der Waals surface area contributed by atoms with Crippen molar-refractivity contribution < 1.29 is 9.59 Å². The van der Waals surface area contributed by atoms with Gasteiger partial charge in [0.1, 0.15) is 6.42 Å². The fourth-order valence-electron chi connectivity index (χ4n) is 2.74. The van der Waals surface area contributed by atoms with E-state index in [2.05, 4.69) is 17.1 Å². The Balaban J connectivity index is 2.32. The van der Waals surface area contributed by atoms with Crippen LogP contribution in [0.15, 0.2) is 18.2 Å². The van der Waals surface area contributed by atoms with E-state index in [-0.39, 0.29) is 6.42 Å². The third kappa shape index (κ3) is 3.76. The van der Waals surface area contributed by atoms with Crippen molar-refractivity contribution >= 4 is 23.2 Å². The maximum atomic E-state index is 11.7. The van der Waals surface area contributed by atoms with Gasteiger partial charge in [0.05, 0.1) is 17.4 Å². The second kappa shape index (κ2) is 6.94. The Labute approximate surface area is 129 Å². The number of benzene rings is 1. The number of carbonyl (C=O) groups is 2. The standard InChI is InChI=1S/C16H20N4O2/c1-11-3-2-8-20(10-11)14-5-4-12(16(18)22)9-13(14)19-15(21)6-7-17/h4-5,9,11H,2-3,6,8,10H2,1H3,(H2,18,22)(H,19,21). The van der Waals surface area contributed by atoms with E-state index in [1.54, 1.807) is 18.2 Å². The van der Waals surface area contributed by atoms with E-state index in [9.17, 15) is 9.59 Å². The van der Waals surface area contributed by atoms with Gasteiger partial charge >= 0.3 is 0 Å². The van der Waals surface area contributed by atoms with Crippen LogP contribution >= 0.6 is 0 Å². The number of piperidine rings is 1.